The highest BCUT2D eigenvalue weighted by atomic mass is 19.1. The Labute approximate surface area is 221 Å². The Morgan fingerprint density at radius 3 is 2.59 bits per heavy atom. The fourth-order valence-electron chi connectivity index (χ4n) is 4.55. The number of ether oxygens (including phenoxy) is 1. The van der Waals surface area contributed by atoms with Gasteiger partial charge in [-0.2, -0.15) is 5.10 Å². The van der Waals surface area contributed by atoms with Gasteiger partial charge in [0.05, 0.1) is 40.8 Å². The predicted octanol–water partition coefficient (Wildman–Crippen LogP) is 6.34. The van der Waals surface area contributed by atoms with Crippen LogP contribution in [0.2, 0.25) is 0 Å². The van der Waals surface area contributed by atoms with Crippen molar-refractivity contribution in [3.8, 4) is 39.7 Å². The number of rotatable bonds is 6. The number of halogens is 1. The summed E-state index contributed by atoms with van der Waals surface area (Å²) in [5.41, 5.74) is 6.86. The summed E-state index contributed by atoms with van der Waals surface area (Å²) in [5.74, 6) is 0.903. The second-order valence-electron chi connectivity index (χ2n) is 9.05. The smallest absolute Gasteiger partial charge is 0.159 e. The fraction of sp³-hybridized carbons (Fsp3) is 0.0333. The van der Waals surface area contributed by atoms with E-state index in [1.54, 1.807) is 37.1 Å². The lowest BCUT2D eigenvalue weighted by molar-refractivity contribution is 0.305. The van der Waals surface area contributed by atoms with Gasteiger partial charge in [0.25, 0.3) is 0 Å². The van der Waals surface area contributed by atoms with Gasteiger partial charge in [0.2, 0.25) is 0 Å². The van der Waals surface area contributed by atoms with Gasteiger partial charge in [0.15, 0.2) is 5.82 Å². The summed E-state index contributed by atoms with van der Waals surface area (Å²) in [4.78, 5) is 21.4. The molecule has 0 aliphatic heterocycles. The lowest BCUT2D eigenvalue weighted by Gasteiger charge is -2.08. The van der Waals surface area contributed by atoms with E-state index in [0.717, 1.165) is 38.8 Å². The van der Waals surface area contributed by atoms with Crippen molar-refractivity contribution < 1.29 is 9.13 Å². The van der Waals surface area contributed by atoms with E-state index in [9.17, 15) is 4.39 Å². The maximum atomic E-state index is 13.9. The van der Waals surface area contributed by atoms with Crippen LogP contribution in [0.1, 0.15) is 5.56 Å². The summed E-state index contributed by atoms with van der Waals surface area (Å²) in [7, 11) is 0. The molecule has 39 heavy (non-hydrogen) atoms. The van der Waals surface area contributed by atoms with Crippen LogP contribution in [-0.2, 0) is 6.61 Å². The van der Waals surface area contributed by atoms with Crippen LogP contribution in [0.25, 0.3) is 55.8 Å². The van der Waals surface area contributed by atoms with Crippen molar-refractivity contribution in [2.45, 2.75) is 6.61 Å². The standard InChI is InChI=1S/C30H20FN7O/c31-21-8-4-7-19(9-21)24-14-33-15-27-28(24)36-30(35-27)29-23-11-25(34-16-26(23)37-38-29)20-10-22(13-32-12-20)39-17-18-5-2-1-3-6-18/h1-16H,17H2,(H,35,36)(H,37,38). The third kappa shape index (κ3) is 4.36. The number of pyridine rings is 3. The zero-order valence-electron chi connectivity index (χ0n) is 20.5. The Hall–Kier alpha value is -5.44. The van der Waals surface area contributed by atoms with E-state index in [4.69, 9.17) is 9.72 Å². The highest BCUT2D eigenvalue weighted by Gasteiger charge is 2.17. The quantitative estimate of drug-likeness (QED) is 0.269. The lowest BCUT2D eigenvalue weighted by atomic mass is 10.1. The first-order valence-corrected chi connectivity index (χ1v) is 12.3. The minimum absolute atomic E-state index is 0.317. The van der Waals surface area contributed by atoms with Gasteiger partial charge in [0, 0.05) is 28.9 Å². The lowest BCUT2D eigenvalue weighted by Crippen LogP contribution is -1.96. The molecule has 2 N–H and O–H groups in total. The first-order valence-electron chi connectivity index (χ1n) is 12.3. The number of imidazole rings is 1. The molecule has 5 heterocycles. The SMILES string of the molecule is Fc1cccc(-c2cncc3[nH]c(-c4n[nH]c5cnc(-c6cncc(OCc7ccccc7)c6)cc45)nc23)c1. The molecule has 0 radical (unpaired) electrons. The zero-order chi connectivity index (χ0) is 26.2. The average Bonchev–Trinajstić information content (AvgIpc) is 3.60. The Bertz CT molecular complexity index is 1950. The third-order valence-corrected chi connectivity index (χ3v) is 6.46. The van der Waals surface area contributed by atoms with E-state index < -0.39 is 0 Å². The molecule has 0 bridgehead atoms. The van der Waals surface area contributed by atoms with Crippen molar-refractivity contribution >= 4 is 21.9 Å². The number of H-pyrrole nitrogens is 2. The summed E-state index contributed by atoms with van der Waals surface area (Å²) in [6.07, 6.45) is 8.56. The molecule has 0 aliphatic rings. The topological polar surface area (TPSA) is 105 Å². The van der Waals surface area contributed by atoms with Gasteiger partial charge in [0.1, 0.15) is 23.9 Å². The molecule has 0 saturated heterocycles. The van der Waals surface area contributed by atoms with Crippen LogP contribution in [0.3, 0.4) is 0 Å². The van der Waals surface area contributed by atoms with Crippen molar-refractivity contribution in [3.05, 3.63) is 109 Å². The van der Waals surface area contributed by atoms with Gasteiger partial charge >= 0.3 is 0 Å². The molecule has 0 fully saturated rings. The molecule has 0 unspecified atom stereocenters. The van der Waals surface area contributed by atoms with Crippen molar-refractivity contribution in [2.24, 2.45) is 0 Å². The normalized spacial score (nSPS) is 11.3. The van der Waals surface area contributed by atoms with Gasteiger partial charge in [-0.1, -0.05) is 42.5 Å². The number of benzene rings is 2. The van der Waals surface area contributed by atoms with Crippen molar-refractivity contribution in [1.82, 2.24) is 35.1 Å². The molecule has 8 nitrogen and oxygen atoms in total. The number of hydrogen-bond acceptors (Lipinski definition) is 6. The predicted molar refractivity (Wildman–Crippen MR) is 146 cm³/mol. The Balaban J connectivity index is 1.24. The second kappa shape index (κ2) is 9.46. The third-order valence-electron chi connectivity index (χ3n) is 6.46. The first kappa shape index (κ1) is 22.7. The number of nitrogens with one attached hydrogen (secondary N) is 2. The zero-order valence-corrected chi connectivity index (χ0v) is 20.5. The molecule has 5 aromatic heterocycles. The Kier molecular flexibility index (Phi) is 5.51. The fourth-order valence-corrected chi connectivity index (χ4v) is 4.55. The van der Waals surface area contributed by atoms with Gasteiger partial charge < -0.3 is 9.72 Å². The van der Waals surface area contributed by atoms with Crippen LogP contribution in [0.15, 0.2) is 97.7 Å². The Morgan fingerprint density at radius 2 is 1.69 bits per heavy atom. The molecule has 9 heteroatoms. The molecular weight excluding hydrogens is 493 g/mol. The minimum atomic E-state index is -0.317. The largest absolute Gasteiger partial charge is 0.487 e. The number of fused-ring (bicyclic) bond motifs is 2. The monoisotopic (exact) mass is 513 g/mol. The van der Waals surface area contributed by atoms with E-state index in [0.29, 0.717) is 35.0 Å². The first-order chi connectivity index (χ1) is 19.2. The van der Waals surface area contributed by atoms with Crippen LogP contribution in [0.4, 0.5) is 4.39 Å². The average molecular weight is 514 g/mol. The molecule has 0 aliphatic carbocycles. The van der Waals surface area contributed by atoms with Crippen LogP contribution >= 0.6 is 0 Å². The van der Waals surface area contributed by atoms with Crippen molar-refractivity contribution in [1.29, 1.82) is 0 Å². The number of aromatic amines is 2. The van der Waals surface area contributed by atoms with E-state index in [2.05, 4.69) is 30.1 Å². The number of aromatic nitrogens is 7. The maximum Gasteiger partial charge on any atom is 0.159 e. The molecule has 188 valence electrons. The summed E-state index contributed by atoms with van der Waals surface area (Å²) < 4.78 is 19.9. The van der Waals surface area contributed by atoms with E-state index in [1.165, 1.54) is 12.1 Å². The maximum absolute atomic E-state index is 13.9. The highest BCUT2D eigenvalue weighted by molar-refractivity contribution is 5.97. The molecule has 0 spiro atoms. The summed E-state index contributed by atoms with van der Waals surface area (Å²) in [6, 6.07) is 20.2. The minimum Gasteiger partial charge on any atom is -0.487 e. The Morgan fingerprint density at radius 1 is 0.795 bits per heavy atom. The van der Waals surface area contributed by atoms with Crippen LogP contribution < -0.4 is 4.74 Å². The van der Waals surface area contributed by atoms with E-state index in [-0.39, 0.29) is 5.82 Å². The molecular formula is C30H20FN7O. The van der Waals surface area contributed by atoms with Crippen LogP contribution in [0, 0.1) is 5.82 Å². The summed E-state index contributed by atoms with van der Waals surface area (Å²) >= 11 is 0. The molecule has 0 amide bonds. The van der Waals surface area contributed by atoms with Gasteiger partial charge in [-0.15, -0.1) is 0 Å². The van der Waals surface area contributed by atoms with Crippen molar-refractivity contribution in [2.75, 3.05) is 0 Å². The van der Waals surface area contributed by atoms with Gasteiger partial charge in [-0.3, -0.25) is 20.1 Å². The second-order valence-corrected chi connectivity index (χ2v) is 9.05. The van der Waals surface area contributed by atoms with Crippen LogP contribution in [0.5, 0.6) is 5.75 Å². The van der Waals surface area contributed by atoms with Gasteiger partial charge in [-0.25, -0.2) is 9.37 Å². The number of hydrogen-bond donors (Lipinski definition) is 2. The van der Waals surface area contributed by atoms with E-state index in [1.807, 2.05) is 48.5 Å². The van der Waals surface area contributed by atoms with Gasteiger partial charge in [-0.05, 0) is 35.4 Å². The molecule has 0 saturated carbocycles. The molecule has 7 aromatic rings. The highest BCUT2D eigenvalue weighted by Crippen LogP contribution is 2.32. The summed E-state index contributed by atoms with van der Waals surface area (Å²) in [5, 5.41) is 8.39. The van der Waals surface area contributed by atoms with E-state index >= 15 is 0 Å². The molecule has 0 atom stereocenters. The van der Waals surface area contributed by atoms with Crippen LogP contribution in [-0.4, -0.2) is 35.1 Å². The number of nitrogens with zero attached hydrogens (tertiary/aromatic N) is 5. The molecule has 7 rings (SSSR count). The summed E-state index contributed by atoms with van der Waals surface area (Å²) in [6.45, 7) is 0.447. The molecule has 2 aromatic carbocycles. The van der Waals surface area contributed by atoms with Crippen molar-refractivity contribution in [3.63, 3.8) is 0 Å².